The summed E-state index contributed by atoms with van der Waals surface area (Å²) in [6.07, 6.45) is 0. The summed E-state index contributed by atoms with van der Waals surface area (Å²) in [5.41, 5.74) is 6.40. The van der Waals surface area contributed by atoms with E-state index in [1.54, 1.807) is 30.8 Å². The normalized spacial score (nSPS) is 10.6. The molecule has 0 radical (unpaired) electrons. The van der Waals surface area contributed by atoms with Gasteiger partial charge in [0.1, 0.15) is 11.4 Å². The fourth-order valence-electron chi connectivity index (χ4n) is 2.85. The van der Waals surface area contributed by atoms with E-state index in [4.69, 9.17) is 22.1 Å². The molecular weight excluding hydrogens is 396 g/mol. The molecule has 0 aliphatic heterocycles. The zero-order valence-electron chi connectivity index (χ0n) is 15.8. The maximum atomic E-state index is 12.8. The van der Waals surface area contributed by atoms with Gasteiger partial charge < -0.3 is 15.8 Å². The molecule has 1 aromatic heterocycles. The third-order valence-electron chi connectivity index (χ3n) is 4.38. The molecule has 0 atom stereocenters. The molecule has 3 N–H and O–H groups in total. The molecule has 3 aromatic rings. The van der Waals surface area contributed by atoms with Gasteiger partial charge in [0, 0.05) is 12.1 Å². The highest BCUT2D eigenvalue weighted by Crippen LogP contribution is 2.22. The van der Waals surface area contributed by atoms with Crippen molar-refractivity contribution in [1.29, 1.82) is 0 Å². The highest BCUT2D eigenvalue weighted by molar-refractivity contribution is 6.31. The summed E-state index contributed by atoms with van der Waals surface area (Å²) in [7, 11) is 1.72. The van der Waals surface area contributed by atoms with Gasteiger partial charge >= 0.3 is 0 Å². The number of aromatic nitrogens is 2. The number of nitrogens with one attached hydrogen (secondary N) is 1. The molecule has 0 unspecified atom stereocenters. The Morgan fingerprint density at radius 1 is 1.17 bits per heavy atom. The summed E-state index contributed by atoms with van der Waals surface area (Å²) < 4.78 is 8.51. The molecule has 0 spiro atoms. The van der Waals surface area contributed by atoms with Crippen molar-refractivity contribution in [3.05, 3.63) is 75.2 Å². The van der Waals surface area contributed by atoms with Crippen molar-refractivity contribution in [2.24, 2.45) is 12.8 Å². The van der Waals surface area contributed by atoms with Crippen molar-refractivity contribution in [1.82, 2.24) is 9.36 Å². The highest BCUT2D eigenvalue weighted by Gasteiger charge is 2.19. The fraction of sp³-hybridized carbons (Fsp3) is 0.150. The highest BCUT2D eigenvalue weighted by atomic mass is 35.5. The second-order valence-electron chi connectivity index (χ2n) is 6.28. The molecule has 29 heavy (non-hydrogen) atoms. The van der Waals surface area contributed by atoms with E-state index in [1.807, 2.05) is 18.2 Å². The fourth-order valence-corrected chi connectivity index (χ4v) is 3.02. The number of hydrogen-bond donors (Lipinski definition) is 2. The first-order chi connectivity index (χ1) is 13.8. The van der Waals surface area contributed by atoms with E-state index in [0.29, 0.717) is 16.4 Å². The molecule has 8 nitrogen and oxygen atoms in total. The van der Waals surface area contributed by atoms with Crippen LogP contribution >= 0.6 is 11.6 Å². The molecule has 2 amide bonds. The van der Waals surface area contributed by atoms with Crippen LogP contribution in [-0.2, 0) is 11.8 Å². The summed E-state index contributed by atoms with van der Waals surface area (Å²) in [6.45, 7) is 1.31. The van der Waals surface area contributed by atoms with Crippen molar-refractivity contribution in [3.8, 4) is 11.4 Å². The Labute approximate surface area is 171 Å². The van der Waals surface area contributed by atoms with E-state index in [1.165, 1.54) is 22.9 Å². The Bertz CT molecular complexity index is 1140. The van der Waals surface area contributed by atoms with Crippen LogP contribution in [0.3, 0.4) is 0 Å². The number of halogens is 1. The standard InChI is InChI=1S/C20H19ClN4O4/c1-12-18(20(28)25(24(12)2)14-6-4-3-5-7-14)23-17(26)11-29-16-9-8-13(21)10-15(16)19(22)27/h3-10H,11H2,1-2H3,(H2,22,27)(H,23,26). The summed E-state index contributed by atoms with van der Waals surface area (Å²) in [5.74, 6) is -1.16. The van der Waals surface area contributed by atoms with Gasteiger partial charge in [-0.3, -0.25) is 19.1 Å². The minimum absolute atomic E-state index is 0.0626. The van der Waals surface area contributed by atoms with Gasteiger partial charge in [-0.05, 0) is 37.3 Å². The van der Waals surface area contributed by atoms with Crippen LogP contribution in [0.4, 0.5) is 5.69 Å². The molecule has 1 heterocycles. The van der Waals surface area contributed by atoms with Gasteiger partial charge in [-0.1, -0.05) is 29.8 Å². The maximum Gasteiger partial charge on any atom is 0.295 e. The number of primary amides is 1. The number of nitrogens with zero attached hydrogens (tertiary/aromatic N) is 2. The number of hydrogen-bond acceptors (Lipinski definition) is 4. The number of ether oxygens (including phenoxy) is 1. The van der Waals surface area contributed by atoms with E-state index >= 15 is 0 Å². The molecule has 0 saturated heterocycles. The zero-order chi connectivity index (χ0) is 21.1. The lowest BCUT2D eigenvalue weighted by Crippen LogP contribution is -2.26. The van der Waals surface area contributed by atoms with Crippen LogP contribution in [0, 0.1) is 6.92 Å². The van der Waals surface area contributed by atoms with Crippen LogP contribution in [0.15, 0.2) is 53.3 Å². The van der Waals surface area contributed by atoms with Crippen LogP contribution in [0.5, 0.6) is 5.75 Å². The average molecular weight is 415 g/mol. The lowest BCUT2D eigenvalue weighted by atomic mass is 10.2. The minimum Gasteiger partial charge on any atom is -0.483 e. The van der Waals surface area contributed by atoms with Crippen LogP contribution < -0.4 is 21.3 Å². The van der Waals surface area contributed by atoms with E-state index in [9.17, 15) is 14.4 Å². The number of benzene rings is 2. The molecule has 0 aliphatic carbocycles. The number of para-hydroxylation sites is 1. The number of carbonyl (C=O) groups is 2. The van der Waals surface area contributed by atoms with E-state index in [-0.39, 0.29) is 22.6 Å². The smallest absolute Gasteiger partial charge is 0.295 e. The van der Waals surface area contributed by atoms with E-state index in [0.717, 1.165) is 0 Å². The number of amides is 2. The van der Waals surface area contributed by atoms with Crippen LogP contribution in [-0.4, -0.2) is 27.8 Å². The number of nitrogens with two attached hydrogens (primary N) is 1. The second-order valence-corrected chi connectivity index (χ2v) is 6.71. The Balaban J connectivity index is 1.79. The number of anilines is 1. The van der Waals surface area contributed by atoms with Crippen molar-refractivity contribution >= 4 is 29.1 Å². The summed E-state index contributed by atoms with van der Waals surface area (Å²) >= 11 is 5.85. The largest absolute Gasteiger partial charge is 0.483 e. The predicted molar refractivity (Wildman–Crippen MR) is 110 cm³/mol. The van der Waals surface area contributed by atoms with Gasteiger partial charge in [0.25, 0.3) is 17.4 Å². The molecule has 3 rings (SSSR count). The average Bonchev–Trinajstić information content (AvgIpc) is 2.90. The lowest BCUT2D eigenvalue weighted by molar-refractivity contribution is -0.118. The summed E-state index contributed by atoms with van der Waals surface area (Å²) in [6, 6.07) is 13.4. The Kier molecular flexibility index (Phi) is 5.74. The quantitative estimate of drug-likeness (QED) is 0.644. The Morgan fingerprint density at radius 2 is 1.86 bits per heavy atom. The number of carbonyl (C=O) groups excluding carboxylic acids is 2. The monoisotopic (exact) mass is 414 g/mol. The first-order valence-corrected chi connectivity index (χ1v) is 9.03. The van der Waals surface area contributed by atoms with Crippen LogP contribution in [0.25, 0.3) is 5.69 Å². The third-order valence-corrected chi connectivity index (χ3v) is 4.62. The van der Waals surface area contributed by atoms with Crippen molar-refractivity contribution in [3.63, 3.8) is 0 Å². The predicted octanol–water partition coefficient (Wildman–Crippen LogP) is 2.25. The molecular formula is C20H19ClN4O4. The van der Waals surface area contributed by atoms with Crippen molar-refractivity contribution < 1.29 is 14.3 Å². The van der Waals surface area contributed by atoms with Gasteiger partial charge in [-0.15, -0.1) is 0 Å². The SMILES string of the molecule is Cc1c(NC(=O)COc2ccc(Cl)cc2C(N)=O)c(=O)n(-c2ccccc2)n1C. The van der Waals surface area contributed by atoms with Gasteiger partial charge in [0.15, 0.2) is 6.61 Å². The first kappa shape index (κ1) is 20.2. The van der Waals surface area contributed by atoms with Gasteiger partial charge in [0.05, 0.1) is 16.9 Å². The second kappa shape index (κ2) is 8.24. The molecule has 0 bridgehead atoms. The Morgan fingerprint density at radius 3 is 2.52 bits per heavy atom. The van der Waals surface area contributed by atoms with Crippen LogP contribution in [0.2, 0.25) is 5.02 Å². The molecule has 150 valence electrons. The molecule has 0 aliphatic rings. The van der Waals surface area contributed by atoms with Crippen molar-refractivity contribution in [2.45, 2.75) is 6.92 Å². The zero-order valence-corrected chi connectivity index (χ0v) is 16.6. The van der Waals surface area contributed by atoms with Crippen LogP contribution in [0.1, 0.15) is 16.1 Å². The molecule has 0 fully saturated rings. The van der Waals surface area contributed by atoms with Gasteiger partial charge in [0.2, 0.25) is 0 Å². The molecule has 2 aromatic carbocycles. The van der Waals surface area contributed by atoms with Gasteiger partial charge in [-0.25, -0.2) is 4.68 Å². The maximum absolute atomic E-state index is 12.8. The number of rotatable bonds is 6. The summed E-state index contributed by atoms with van der Waals surface area (Å²) in [4.78, 5) is 36.7. The first-order valence-electron chi connectivity index (χ1n) is 8.65. The lowest BCUT2D eigenvalue weighted by Gasteiger charge is -2.10. The summed E-state index contributed by atoms with van der Waals surface area (Å²) in [5, 5.41) is 2.90. The van der Waals surface area contributed by atoms with Gasteiger partial charge in [-0.2, -0.15) is 0 Å². The van der Waals surface area contributed by atoms with E-state index < -0.39 is 18.4 Å². The molecule has 0 saturated carbocycles. The van der Waals surface area contributed by atoms with E-state index in [2.05, 4.69) is 5.32 Å². The van der Waals surface area contributed by atoms with Crippen molar-refractivity contribution in [2.75, 3.05) is 11.9 Å². The topological polar surface area (TPSA) is 108 Å². The Hall–Kier alpha value is -3.52. The third kappa shape index (κ3) is 4.17. The minimum atomic E-state index is -0.729. The molecule has 9 heteroatoms.